The van der Waals surface area contributed by atoms with Crippen molar-refractivity contribution >= 4 is 110 Å². The van der Waals surface area contributed by atoms with Gasteiger partial charge < -0.3 is 9.47 Å². The number of thiophene rings is 2. The van der Waals surface area contributed by atoms with E-state index in [4.69, 9.17) is 19.5 Å². The van der Waals surface area contributed by atoms with Gasteiger partial charge in [-0.05, 0) is 22.3 Å². The number of fused-ring (bicyclic) bond motifs is 7. The standard InChI is InChI=1S/C50H24N8O6S2/c51-21-29(22-52)39-31-15-7-9-17-33(31)45(59)41(39)55-37-19-35-43(57(37)49(61)63-25-27-11-3-1-4-12-27)47-48(65-35)44-36(66-47)20-38(58(44)50(62)64-26-28-13-5-2-6-14-28)56-42-40(30(23-53)24-54)32-16-8-10-18-34(32)46(42)60/h1-20H,25-26H2/b55-41-,56-42-. The lowest BCUT2D eigenvalue weighted by molar-refractivity contribution is 0.106. The first kappa shape index (κ1) is 40.7. The number of hydrogen-bond acceptors (Lipinski definition) is 14. The molecule has 0 aliphatic heterocycles. The summed E-state index contributed by atoms with van der Waals surface area (Å²) in [4.78, 5) is 66.2. The minimum atomic E-state index is -0.845. The Morgan fingerprint density at radius 3 is 1.23 bits per heavy atom. The van der Waals surface area contributed by atoms with Gasteiger partial charge in [-0.3, -0.25) is 9.59 Å². The van der Waals surface area contributed by atoms with Crippen molar-refractivity contribution in [3.05, 3.63) is 166 Å². The predicted octanol–water partition coefficient (Wildman–Crippen LogP) is 10.8. The Kier molecular flexibility index (Phi) is 10.1. The van der Waals surface area contributed by atoms with Crippen LogP contribution in [0.3, 0.4) is 0 Å². The van der Waals surface area contributed by atoms with Crippen LogP contribution in [0.15, 0.2) is 142 Å². The average Bonchev–Trinajstić information content (AvgIpc) is 4.17. The van der Waals surface area contributed by atoms with E-state index < -0.39 is 23.8 Å². The number of ether oxygens (including phenoxy) is 2. The molecule has 10 rings (SSSR count). The fourth-order valence-corrected chi connectivity index (χ4v) is 10.7. The Hall–Kier alpha value is -9.32. The van der Waals surface area contributed by atoms with Crippen LogP contribution in [0.1, 0.15) is 43.0 Å². The van der Waals surface area contributed by atoms with Crippen LogP contribution in [-0.4, -0.2) is 44.3 Å². The van der Waals surface area contributed by atoms with E-state index in [1.807, 2.05) is 36.4 Å². The SMILES string of the molecule is N#CC(C#N)=C1/C(=N/c2cc3sc4c(sc5cc(/N=C6\C(=O)c7ccccc7C6=C(C#N)C#N)n(C(=O)OCc6ccccc6)c54)c3n2C(=O)OCc2ccccc2)C(=O)c2ccccc21. The van der Waals surface area contributed by atoms with Crippen molar-refractivity contribution in [2.45, 2.75) is 13.2 Å². The van der Waals surface area contributed by atoms with E-state index in [2.05, 4.69) is 0 Å². The van der Waals surface area contributed by atoms with Crippen LogP contribution in [-0.2, 0) is 22.7 Å². The summed E-state index contributed by atoms with van der Waals surface area (Å²) in [6, 6.07) is 41.8. The molecule has 0 saturated heterocycles. The zero-order chi connectivity index (χ0) is 45.6. The maximum absolute atomic E-state index is 14.4. The van der Waals surface area contributed by atoms with Gasteiger partial charge in [-0.1, -0.05) is 109 Å². The topological polar surface area (TPSA) is 216 Å². The van der Waals surface area contributed by atoms with E-state index in [-0.39, 0.29) is 69.7 Å². The first-order valence-electron chi connectivity index (χ1n) is 19.8. The fourth-order valence-electron chi connectivity index (χ4n) is 8.02. The number of allylic oxidation sites excluding steroid dienone is 4. The number of hydrogen-bond donors (Lipinski definition) is 0. The van der Waals surface area contributed by atoms with Crippen LogP contribution in [0.4, 0.5) is 21.2 Å². The molecule has 0 spiro atoms. The quantitative estimate of drug-likeness (QED) is 0.144. The molecule has 2 aliphatic rings. The third-order valence-corrected chi connectivity index (χ3v) is 13.3. The molecule has 4 aromatic heterocycles. The molecule has 66 heavy (non-hydrogen) atoms. The van der Waals surface area contributed by atoms with Gasteiger partial charge in [0.2, 0.25) is 11.6 Å². The van der Waals surface area contributed by atoms with E-state index in [1.54, 1.807) is 109 Å². The number of benzene rings is 4. The first-order valence-corrected chi connectivity index (χ1v) is 21.5. The summed E-state index contributed by atoms with van der Waals surface area (Å²) < 4.78 is 16.2. The number of Topliss-reactive ketones (excluding diaryl/α,β-unsaturated/α-hetero) is 2. The Labute approximate surface area is 381 Å². The summed E-state index contributed by atoms with van der Waals surface area (Å²) in [7, 11) is 0. The normalized spacial score (nSPS) is 14.0. The lowest BCUT2D eigenvalue weighted by Crippen LogP contribution is -2.15. The van der Waals surface area contributed by atoms with Gasteiger partial charge in [0.25, 0.3) is 0 Å². The van der Waals surface area contributed by atoms with Crippen molar-refractivity contribution in [2.24, 2.45) is 9.98 Å². The van der Waals surface area contributed by atoms with Crippen molar-refractivity contribution in [1.82, 2.24) is 9.13 Å². The van der Waals surface area contributed by atoms with Gasteiger partial charge in [-0.2, -0.15) is 21.0 Å². The Bertz CT molecular complexity index is 3500. The highest BCUT2D eigenvalue weighted by Gasteiger charge is 2.37. The van der Waals surface area contributed by atoms with E-state index in [1.165, 1.54) is 31.8 Å². The molecule has 0 N–H and O–H groups in total. The minimum absolute atomic E-state index is 0.0140. The number of carbonyl (C=O) groups excluding carboxylic acids is 4. The highest BCUT2D eigenvalue weighted by Crippen LogP contribution is 2.49. The van der Waals surface area contributed by atoms with Gasteiger partial charge in [0.15, 0.2) is 0 Å². The van der Waals surface area contributed by atoms with Crippen molar-refractivity contribution in [2.75, 3.05) is 0 Å². The molecule has 312 valence electrons. The number of nitriles is 4. The monoisotopic (exact) mass is 896 g/mol. The second kappa shape index (κ2) is 16.4. The second-order valence-corrected chi connectivity index (χ2v) is 16.8. The third-order valence-electron chi connectivity index (χ3n) is 10.9. The Balaban J connectivity index is 1.19. The van der Waals surface area contributed by atoms with E-state index in [9.17, 15) is 40.2 Å². The molecule has 0 amide bonds. The molecule has 0 saturated carbocycles. The summed E-state index contributed by atoms with van der Waals surface area (Å²) >= 11 is 2.41. The van der Waals surface area contributed by atoms with Gasteiger partial charge >= 0.3 is 12.2 Å². The molecule has 16 heteroatoms. The molecular formula is C50H24N8O6S2. The zero-order valence-corrected chi connectivity index (χ0v) is 35.4. The molecule has 4 aromatic carbocycles. The molecule has 0 bridgehead atoms. The number of rotatable bonds is 6. The molecule has 8 aromatic rings. The Morgan fingerprint density at radius 2 is 0.864 bits per heavy atom. The lowest BCUT2D eigenvalue weighted by Gasteiger charge is -2.09. The van der Waals surface area contributed by atoms with Gasteiger partial charge in [0.1, 0.15) is 71.7 Å². The third kappa shape index (κ3) is 6.59. The molecule has 0 fully saturated rings. The summed E-state index contributed by atoms with van der Waals surface area (Å²) in [5.41, 5.74) is 2.31. The number of aromatic nitrogens is 2. The summed E-state index contributed by atoms with van der Waals surface area (Å²) in [5, 5.41) is 39.8. The largest absolute Gasteiger partial charge is 0.444 e. The summed E-state index contributed by atoms with van der Waals surface area (Å²) in [6.07, 6.45) is -1.69. The van der Waals surface area contributed by atoms with Crippen molar-refractivity contribution in [1.29, 1.82) is 21.0 Å². The van der Waals surface area contributed by atoms with Crippen LogP contribution in [0.5, 0.6) is 0 Å². The lowest BCUT2D eigenvalue weighted by atomic mass is 10.0. The van der Waals surface area contributed by atoms with Crippen molar-refractivity contribution in [3.8, 4) is 24.3 Å². The average molecular weight is 897 g/mol. The zero-order valence-electron chi connectivity index (χ0n) is 33.8. The van der Waals surface area contributed by atoms with Gasteiger partial charge in [0, 0.05) is 34.4 Å². The maximum Gasteiger partial charge on any atom is 0.420 e. The van der Waals surface area contributed by atoms with E-state index in [0.717, 1.165) is 0 Å². The van der Waals surface area contributed by atoms with Crippen molar-refractivity contribution in [3.63, 3.8) is 0 Å². The highest BCUT2D eigenvalue weighted by molar-refractivity contribution is 7.36. The van der Waals surface area contributed by atoms with Crippen LogP contribution in [0.2, 0.25) is 0 Å². The first-order chi connectivity index (χ1) is 32.2. The highest BCUT2D eigenvalue weighted by atomic mass is 32.1. The molecule has 0 unspecified atom stereocenters. The van der Waals surface area contributed by atoms with Gasteiger partial charge in [0.05, 0.1) is 29.8 Å². The molecule has 14 nitrogen and oxygen atoms in total. The van der Waals surface area contributed by atoms with Gasteiger partial charge in [-0.25, -0.2) is 28.7 Å². The molecule has 4 heterocycles. The van der Waals surface area contributed by atoms with Crippen LogP contribution >= 0.6 is 22.7 Å². The number of aliphatic imine (C=N–C) groups is 2. The summed E-state index contributed by atoms with van der Waals surface area (Å²) in [5.74, 6) is -1.11. The van der Waals surface area contributed by atoms with Gasteiger partial charge in [-0.15, -0.1) is 22.7 Å². The molecular weight excluding hydrogens is 873 g/mol. The van der Waals surface area contributed by atoms with Crippen molar-refractivity contribution < 1.29 is 28.7 Å². The molecule has 0 radical (unpaired) electrons. The fraction of sp³-hybridized carbons (Fsp3) is 0.0400. The molecule has 2 aliphatic carbocycles. The van der Waals surface area contributed by atoms with Crippen LogP contribution in [0.25, 0.3) is 41.0 Å². The maximum atomic E-state index is 14.4. The smallest absolute Gasteiger partial charge is 0.420 e. The van der Waals surface area contributed by atoms with Crippen LogP contribution < -0.4 is 0 Å². The number of carbonyl (C=O) groups is 4. The Morgan fingerprint density at radius 1 is 0.515 bits per heavy atom. The minimum Gasteiger partial charge on any atom is -0.444 e. The number of nitrogens with zero attached hydrogens (tertiary/aromatic N) is 8. The summed E-state index contributed by atoms with van der Waals surface area (Å²) in [6.45, 7) is -0.226. The van der Waals surface area contributed by atoms with Crippen LogP contribution in [0, 0.1) is 45.3 Å². The molecule has 0 atom stereocenters. The predicted molar refractivity (Wildman–Crippen MR) is 247 cm³/mol. The number of ketones is 2. The van der Waals surface area contributed by atoms with E-state index >= 15 is 0 Å². The second-order valence-electron chi connectivity index (χ2n) is 14.7. The van der Waals surface area contributed by atoms with E-state index in [0.29, 0.717) is 52.1 Å².